The minimum Gasteiger partial charge on any atom is -0.383 e. The summed E-state index contributed by atoms with van der Waals surface area (Å²) >= 11 is 0. The Kier molecular flexibility index (Phi) is 7.01. The summed E-state index contributed by atoms with van der Waals surface area (Å²) in [5, 5.41) is 10.3. The van der Waals surface area contributed by atoms with Gasteiger partial charge in [0, 0.05) is 37.3 Å². The number of hydrogen-bond donors (Lipinski definition) is 3. The third-order valence-electron chi connectivity index (χ3n) is 4.70. The lowest BCUT2D eigenvalue weighted by molar-refractivity contribution is 0.0342. The van der Waals surface area contributed by atoms with Crippen LogP contribution in [0.1, 0.15) is 17.5 Å². The summed E-state index contributed by atoms with van der Waals surface area (Å²) < 4.78 is 31.3. The van der Waals surface area contributed by atoms with Crippen molar-refractivity contribution in [2.24, 2.45) is 0 Å². The monoisotopic (exact) mass is 422 g/mol. The Bertz CT molecular complexity index is 992. The minimum atomic E-state index is -3.67. The van der Waals surface area contributed by atoms with E-state index >= 15 is 0 Å². The summed E-state index contributed by atoms with van der Waals surface area (Å²) in [6.45, 7) is 5.35. The molecule has 0 atom stereocenters. The van der Waals surface area contributed by atoms with E-state index < -0.39 is 10.1 Å². The molecule has 1 fully saturated rings. The maximum Gasteiger partial charge on any atom is 0.269 e. The van der Waals surface area contributed by atoms with Crippen LogP contribution in [-0.4, -0.2) is 67.2 Å². The van der Waals surface area contributed by atoms with E-state index in [-0.39, 0.29) is 5.56 Å². The number of H-pyrrole nitrogens is 1. The number of aromatic amines is 1. The number of anilines is 1. The summed E-state index contributed by atoms with van der Waals surface area (Å²) in [5.74, 6) is 0. The number of rotatable bonds is 3. The van der Waals surface area contributed by atoms with Gasteiger partial charge in [0.2, 0.25) is 0 Å². The van der Waals surface area contributed by atoms with E-state index in [1.807, 2.05) is 0 Å². The first-order valence-corrected chi connectivity index (χ1v) is 11.3. The van der Waals surface area contributed by atoms with E-state index in [0.717, 1.165) is 74.7 Å². The van der Waals surface area contributed by atoms with Crippen molar-refractivity contribution in [1.29, 1.82) is 0 Å². The fourth-order valence-corrected chi connectivity index (χ4v) is 3.44. The molecule has 2 aliphatic heterocycles. The van der Waals surface area contributed by atoms with Gasteiger partial charge in [0.05, 0.1) is 25.2 Å². The number of benzene rings is 1. The summed E-state index contributed by atoms with van der Waals surface area (Å²) in [4.78, 5) is 14.4. The second kappa shape index (κ2) is 9.49. The third kappa shape index (κ3) is 6.36. The zero-order valence-electron chi connectivity index (χ0n) is 16.3. The highest BCUT2D eigenvalue weighted by Gasteiger charge is 2.19. The molecule has 9 nitrogen and oxygen atoms in total. The Hall–Kier alpha value is -2.27. The van der Waals surface area contributed by atoms with Gasteiger partial charge in [-0.15, -0.1) is 0 Å². The van der Waals surface area contributed by atoms with E-state index in [9.17, 15) is 13.2 Å². The molecule has 2 aliphatic rings. The summed E-state index contributed by atoms with van der Waals surface area (Å²) in [6.07, 6.45) is 2.50. The Morgan fingerprint density at radius 3 is 2.72 bits per heavy atom. The Balaban J connectivity index is 0.000000431. The van der Waals surface area contributed by atoms with Crippen molar-refractivity contribution in [3.8, 4) is 11.3 Å². The maximum atomic E-state index is 12.0. The standard InChI is InChI=1S/C18H22N4O2.CH4O3S/c23-18-15-5-2-6-19-17(15)16(20-21-18)14-4-1-3-13(11-14)12-22-7-9-24-10-8-22;1-5(2,3)4/h1,3-4,11,19H,2,5-10,12H2,(H,21,23);1H3,(H,2,3,4). The second-order valence-electron chi connectivity index (χ2n) is 7.11. The van der Waals surface area contributed by atoms with Crippen molar-refractivity contribution in [2.75, 3.05) is 44.4 Å². The van der Waals surface area contributed by atoms with Crippen LogP contribution in [0.3, 0.4) is 0 Å². The molecule has 2 aromatic rings. The average Bonchev–Trinajstić information content (AvgIpc) is 2.68. The smallest absolute Gasteiger partial charge is 0.269 e. The first-order valence-electron chi connectivity index (χ1n) is 9.48. The maximum absolute atomic E-state index is 12.0. The molecule has 3 N–H and O–H groups in total. The van der Waals surface area contributed by atoms with E-state index in [1.54, 1.807) is 0 Å². The van der Waals surface area contributed by atoms with Crippen LogP contribution in [-0.2, 0) is 27.8 Å². The lowest BCUT2D eigenvalue weighted by Gasteiger charge is -2.26. The van der Waals surface area contributed by atoms with E-state index in [4.69, 9.17) is 9.29 Å². The SMILES string of the molecule is CS(=O)(=O)O.O=c1[nH]nc(-c2cccc(CN3CCOCC3)c2)c2c1CCCN2. The van der Waals surface area contributed by atoms with Crippen molar-refractivity contribution in [2.45, 2.75) is 19.4 Å². The van der Waals surface area contributed by atoms with Crippen LogP contribution in [0, 0.1) is 0 Å². The predicted octanol–water partition coefficient (Wildman–Crippen LogP) is 1.13. The number of hydrogen-bond acceptors (Lipinski definition) is 7. The summed E-state index contributed by atoms with van der Waals surface area (Å²) in [7, 11) is -3.67. The minimum absolute atomic E-state index is 0.0783. The molecule has 29 heavy (non-hydrogen) atoms. The number of aromatic nitrogens is 2. The highest BCUT2D eigenvalue weighted by Crippen LogP contribution is 2.30. The molecule has 4 rings (SSSR count). The van der Waals surface area contributed by atoms with Crippen LogP contribution < -0.4 is 10.9 Å². The van der Waals surface area contributed by atoms with Gasteiger partial charge in [0.25, 0.3) is 15.7 Å². The van der Waals surface area contributed by atoms with Crippen LogP contribution >= 0.6 is 0 Å². The normalized spacial score (nSPS) is 16.9. The van der Waals surface area contributed by atoms with Crippen LogP contribution in [0.15, 0.2) is 29.1 Å². The molecule has 1 aromatic carbocycles. The first kappa shape index (κ1) is 21.4. The van der Waals surface area contributed by atoms with Crippen molar-refractivity contribution >= 4 is 15.8 Å². The van der Waals surface area contributed by atoms with Crippen LogP contribution in [0.25, 0.3) is 11.3 Å². The molecule has 10 heteroatoms. The molecule has 0 unspecified atom stereocenters. The van der Waals surface area contributed by atoms with Gasteiger partial charge in [0.1, 0.15) is 5.69 Å². The number of nitrogens with one attached hydrogen (secondary N) is 2. The number of morpholine rings is 1. The van der Waals surface area contributed by atoms with Gasteiger partial charge in [-0.05, 0) is 24.5 Å². The molecule has 1 aromatic heterocycles. The van der Waals surface area contributed by atoms with Crippen molar-refractivity contribution in [1.82, 2.24) is 15.1 Å². The quantitative estimate of drug-likeness (QED) is 0.629. The van der Waals surface area contributed by atoms with Gasteiger partial charge < -0.3 is 10.1 Å². The van der Waals surface area contributed by atoms with Gasteiger partial charge in [0.15, 0.2) is 0 Å². The van der Waals surface area contributed by atoms with Crippen LogP contribution in [0.4, 0.5) is 5.69 Å². The van der Waals surface area contributed by atoms with Gasteiger partial charge in [-0.1, -0.05) is 18.2 Å². The molecular formula is C19H26N4O5S. The highest BCUT2D eigenvalue weighted by molar-refractivity contribution is 7.85. The zero-order valence-corrected chi connectivity index (χ0v) is 17.2. The topological polar surface area (TPSA) is 125 Å². The lowest BCUT2D eigenvalue weighted by atomic mass is 10.00. The van der Waals surface area contributed by atoms with Gasteiger partial charge in [-0.25, -0.2) is 5.10 Å². The van der Waals surface area contributed by atoms with Gasteiger partial charge in [-0.2, -0.15) is 13.5 Å². The zero-order chi connectivity index (χ0) is 20.9. The predicted molar refractivity (Wildman–Crippen MR) is 111 cm³/mol. The molecule has 0 radical (unpaired) electrons. The Labute approximate surface area is 169 Å². The van der Waals surface area contributed by atoms with E-state index in [1.165, 1.54) is 5.56 Å². The molecule has 0 aliphatic carbocycles. The fraction of sp³-hybridized carbons (Fsp3) is 0.474. The third-order valence-corrected chi connectivity index (χ3v) is 4.70. The summed E-state index contributed by atoms with van der Waals surface area (Å²) in [5.41, 5.74) is 4.78. The molecule has 0 bridgehead atoms. The van der Waals surface area contributed by atoms with Gasteiger partial charge >= 0.3 is 0 Å². The first-order chi connectivity index (χ1) is 13.8. The van der Waals surface area contributed by atoms with Crippen LogP contribution in [0.5, 0.6) is 0 Å². The molecule has 3 heterocycles. The number of fused-ring (bicyclic) bond motifs is 1. The van der Waals surface area contributed by atoms with E-state index in [0.29, 0.717) is 6.26 Å². The molecule has 0 saturated carbocycles. The molecular weight excluding hydrogens is 396 g/mol. The lowest BCUT2D eigenvalue weighted by Crippen LogP contribution is -2.35. The Morgan fingerprint density at radius 1 is 1.28 bits per heavy atom. The number of ether oxygens (including phenoxy) is 1. The molecule has 1 saturated heterocycles. The molecule has 0 spiro atoms. The van der Waals surface area contributed by atoms with Crippen molar-refractivity contribution in [3.05, 3.63) is 45.7 Å². The largest absolute Gasteiger partial charge is 0.383 e. The fourth-order valence-electron chi connectivity index (χ4n) is 3.44. The van der Waals surface area contributed by atoms with Crippen LogP contribution in [0.2, 0.25) is 0 Å². The average molecular weight is 423 g/mol. The number of nitrogens with zero attached hydrogens (tertiary/aromatic N) is 2. The molecule has 158 valence electrons. The van der Waals surface area contributed by atoms with Crippen molar-refractivity contribution in [3.63, 3.8) is 0 Å². The Morgan fingerprint density at radius 2 is 2.00 bits per heavy atom. The van der Waals surface area contributed by atoms with Crippen molar-refractivity contribution < 1.29 is 17.7 Å². The van der Waals surface area contributed by atoms with Gasteiger partial charge in [-0.3, -0.25) is 14.2 Å². The summed E-state index contributed by atoms with van der Waals surface area (Å²) in [6, 6.07) is 8.43. The second-order valence-corrected chi connectivity index (χ2v) is 8.57. The highest BCUT2D eigenvalue weighted by atomic mass is 32.2. The molecule has 0 amide bonds. The van der Waals surface area contributed by atoms with E-state index in [2.05, 4.69) is 44.7 Å².